The molecule has 0 N–H and O–H groups in total. The molecule has 0 saturated carbocycles. The average molecular weight is 351 g/mol. The fourth-order valence-electron chi connectivity index (χ4n) is 2.80. The summed E-state index contributed by atoms with van der Waals surface area (Å²) in [5, 5.41) is 0.751. The molecule has 1 aromatic heterocycles. The zero-order chi connectivity index (χ0) is 18.7. The second-order valence-corrected chi connectivity index (χ2v) is 6.05. The molecule has 1 unspecified atom stereocenters. The summed E-state index contributed by atoms with van der Waals surface area (Å²) in [4.78, 5) is 16.0. The van der Waals surface area contributed by atoms with Gasteiger partial charge < -0.3 is 14.2 Å². The Balaban J connectivity index is 2.03. The first kappa shape index (κ1) is 17.7. The monoisotopic (exact) mass is 351 g/mol. The first-order valence-corrected chi connectivity index (χ1v) is 8.27. The number of aryl methyl sites for hydroxylation is 2. The normalized spacial score (nSPS) is 11.8. The number of hydrogen-bond acceptors (Lipinski definition) is 5. The van der Waals surface area contributed by atoms with Gasteiger partial charge in [0.05, 0.1) is 19.7 Å². The zero-order valence-corrected chi connectivity index (χ0v) is 15.3. The molecule has 0 radical (unpaired) electrons. The van der Waals surface area contributed by atoms with Gasteiger partial charge >= 0.3 is 0 Å². The Kier molecular flexibility index (Phi) is 5.07. The predicted molar refractivity (Wildman–Crippen MR) is 100 cm³/mol. The van der Waals surface area contributed by atoms with E-state index in [0.717, 1.165) is 22.8 Å². The number of ether oxygens (including phenoxy) is 3. The molecule has 0 bridgehead atoms. The molecule has 0 saturated heterocycles. The number of carbonyl (C=O) groups excluding carboxylic acids is 1. The molecule has 0 fully saturated rings. The van der Waals surface area contributed by atoms with Crippen molar-refractivity contribution < 1.29 is 19.0 Å². The van der Waals surface area contributed by atoms with Crippen LogP contribution in [-0.4, -0.2) is 25.5 Å². The van der Waals surface area contributed by atoms with Crippen LogP contribution in [0.2, 0.25) is 0 Å². The molecule has 1 heterocycles. The summed E-state index contributed by atoms with van der Waals surface area (Å²) >= 11 is 0. The van der Waals surface area contributed by atoms with E-state index in [1.54, 1.807) is 38.6 Å². The van der Waals surface area contributed by atoms with Crippen molar-refractivity contribution in [2.24, 2.45) is 0 Å². The van der Waals surface area contributed by atoms with E-state index < -0.39 is 6.10 Å². The van der Waals surface area contributed by atoms with Gasteiger partial charge in [0.25, 0.3) is 0 Å². The molecule has 5 nitrogen and oxygen atoms in total. The molecule has 0 amide bonds. The van der Waals surface area contributed by atoms with Crippen molar-refractivity contribution in [1.82, 2.24) is 4.98 Å². The SMILES string of the molecule is COc1cc2nccc(OC(C=O)c3ccc(C)c(C)c3)c2cc1OC. The van der Waals surface area contributed by atoms with Gasteiger partial charge in [0.1, 0.15) is 5.75 Å². The minimum Gasteiger partial charge on any atom is -0.493 e. The van der Waals surface area contributed by atoms with Gasteiger partial charge in [0.15, 0.2) is 23.9 Å². The number of rotatable bonds is 6. The second kappa shape index (κ2) is 7.44. The highest BCUT2D eigenvalue weighted by atomic mass is 16.5. The largest absolute Gasteiger partial charge is 0.493 e. The van der Waals surface area contributed by atoms with Gasteiger partial charge in [-0.3, -0.25) is 9.78 Å². The number of aromatic nitrogens is 1. The third-order valence-electron chi connectivity index (χ3n) is 4.44. The van der Waals surface area contributed by atoms with Crippen molar-refractivity contribution in [2.75, 3.05) is 14.2 Å². The van der Waals surface area contributed by atoms with E-state index in [0.29, 0.717) is 22.8 Å². The van der Waals surface area contributed by atoms with Crippen molar-refractivity contribution in [3.8, 4) is 17.2 Å². The summed E-state index contributed by atoms with van der Waals surface area (Å²) in [6, 6.07) is 11.2. The van der Waals surface area contributed by atoms with Crippen LogP contribution in [0.15, 0.2) is 42.6 Å². The van der Waals surface area contributed by atoms with Crippen molar-refractivity contribution in [2.45, 2.75) is 20.0 Å². The van der Waals surface area contributed by atoms with Crippen molar-refractivity contribution in [3.63, 3.8) is 0 Å². The Hall–Kier alpha value is -3.08. The lowest BCUT2D eigenvalue weighted by Gasteiger charge is -2.17. The Morgan fingerprint density at radius 2 is 1.65 bits per heavy atom. The second-order valence-electron chi connectivity index (χ2n) is 6.05. The maximum absolute atomic E-state index is 11.7. The number of hydrogen-bond donors (Lipinski definition) is 0. The third kappa shape index (κ3) is 3.33. The van der Waals surface area contributed by atoms with Crippen molar-refractivity contribution in [3.05, 3.63) is 59.3 Å². The van der Waals surface area contributed by atoms with E-state index in [4.69, 9.17) is 14.2 Å². The summed E-state index contributed by atoms with van der Waals surface area (Å²) < 4.78 is 16.7. The summed E-state index contributed by atoms with van der Waals surface area (Å²) in [6.45, 7) is 4.05. The van der Waals surface area contributed by atoms with Gasteiger partial charge in [-0.15, -0.1) is 0 Å². The first-order valence-electron chi connectivity index (χ1n) is 8.27. The molecule has 134 valence electrons. The van der Waals surface area contributed by atoms with Crippen LogP contribution in [0, 0.1) is 13.8 Å². The minimum absolute atomic E-state index is 0.561. The van der Waals surface area contributed by atoms with Crippen molar-refractivity contribution in [1.29, 1.82) is 0 Å². The van der Waals surface area contributed by atoms with Gasteiger partial charge in [-0.25, -0.2) is 0 Å². The van der Waals surface area contributed by atoms with Crippen LogP contribution in [0.3, 0.4) is 0 Å². The molecule has 3 rings (SSSR count). The van der Waals surface area contributed by atoms with Crippen molar-refractivity contribution >= 4 is 17.2 Å². The van der Waals surface area contributed by atoms with E-state index in [1.165, 1.54) is 5.56 Å². The molecule has 26 heavy (non-hydrogen) atoms. The predicted octanol–water partition coefficient (Wildman–Crippen LogP) is 4.19. The highest BCUT2D eigenvalue weighted by molar-refractivity contribution is 5.88. The maximum Gasteiger partial charge on any atom is 0.179 e. The van der Waals surface area contributed by atoms with Gasteiger partial charge in [-0.1, -0.05) is 18.2 Å². The number of benzene rings is 2. The molecular formula is C21H21NO4. The lowest BCUT2D eigenvalue weighted by molar-refractivity contribution is -0.113. The summed E-state index contributed by atoms with van der Waals surface area (Å²) in [5.41, 5.74) is 3.80. The molecule has 3 aromatic rings. The number of aldehydes is 1. The summed E-state index contributed by atoms with van der Waals surface area (Å²) in [7, 11) is 3.15. The number of carbonyl (C=O) groups is 1. The molecule has 0 aliphatic heterocycles. The average Bonchev–Trinajstić information content (AvgIpc) is 2.67. The maximum atomic E-state index is 11.7. The van der Waals surface area contributed by atoms with Crippen LogP contribution < -0.4 is 14.2 Å². The molecule has 5 heteroatoms. The summed E-state index contributed by atoms with van der Waals surface area (Å²) in [5.74, 6) is 1.73. The number of methoxy groups -OCH3 is 2. The minimum atomic E-state index is -0.701. The van der Waals surface area contributed by atoms with Crippen LogP contribution >= 0.6 is 0 Å². The summed E-state index contributed by atoms with van der Waals surface area (Å²) in [6.07, 6.45) is 1.75. The highest BCUT2D eigenvalue weighted by Gasteiger charge is 2.16. The lowest BCUT2D eigenvalue weighted by Crippen LogP contribution is -2.10. The van der Waals surface area contributed by atoms with Crippen LogP contribution in [0.1, 0.15) is 22.8 Å². The standard InChI is InChI=1S/C21H21NO4/c1-13-5-6-15(9-14(13)2)21(12-23)26-18-7-8-22-17-11-20(25-4)19(24-3)10-16(17)18/h5-12,21H,1-4H3. The third-order valence-corrected chi connectivity index (χ3v) is 4.44. The molecule has 1 atom stereocenters. The quantitative estimate of drug-likeness (QED) is 0.623. The molecule has 0 aliphatic carbocycles. The Morgan fingerprint density at radius 1 is 0.923 bits per heavy atom. The molecule has 2 aromatic carbocycles. The van der Waals surface area contributed by atoms with Crippen LogP contribution in [-0.2, 0) is 4.79 Å². The van der Waals surface area contributed by atoms with Gasteiger partial charge in [-0.2, -0.15) is 0 Å². The van der Waals surface area contributed by atoms with Gasteiger partial charge in [-0.05, 0) is 42.7 Å². The Morgan fingerprint density at radius 3 is 2.31 bits per heavy atom. The molecular weight excluding hydrogens is 330 g/mol. The van der Waals surface area contributed by atoms with E-state index >= 15 is 0 Å². The topological polar surface area (TPSA) is 57.7 Å². The van der Waals surface area contributed by atoms with E-state index in [2.05, 4.69) is 4.98 Å². The zero-order valence-electron chi connectivity index (χ0n) is 15.3. The van der Waals surface area contributed by atoms with Crippen LogP contribution in [0.25, 0.3) is 10.9 Å². The fourth-order valence-corrected chi connectivity index (χ4v) is 2.80. The van der Waals surface area contributed by atoms with Crippen LogP contribution in [0.5, 0.6) is 17.2 Å². The highest BCUT2D eigenvalue weighted by Crippen LogP contribution is 2.36. The van der Waals surface area contributed by atoms with Crippen LogP contribution in [0.4, 0.5) is 0 Å². The molecule has 0 aliphatic rings. The number of nitrogens with zero attached hydrogens (tertiary/aromatic N) is 1. The first-order chi connectivity index (χ1) is 12.6. The number of fused-ring (bicyclic) bond motifs is 1. The number of pyridine rings is 1. The smallest absolute Gasteiger partial charge is 0.179 e. The van der Waals surface area contributed by atoms with E-state index in [-0.39, 0.29) is 0 Å². The van der Waals surface area contributed by atoms with E-state index in [1.807, 2.05) is 32.0 Å². The fraction of sp³-hybridized carbons (Fsp3) is 0.238. The van der Waals surface area contributed by atoms with Gasteiger partial charge in [0.2, 0.25) is 0 Å². The Bertz CT molecular complexity index is 952. The molecule has 0 spiro atoms. The Labute approximate surface area is 152 Å². The lowest BCUT2D eigenvalue weighted by atomic mass is 10.0. The van der Waals surface area contributed by atoms with Gasteiger partial charge in [0, 0.05) is 17.6 Å². The van der Waals surface area contributed by atoms with E-state index in [9.17, 15) is 4.79 Å².